The van der Waals surface area contributed by atoms with E-state index in [9.17, 15) is 4.79 Å². The number of esters is 1. The molecule has 0 unspecified atom stereocenters. The van der Waals surface area contributed by atoms with Crippen molar-refractivity contribution < 1.29 is 14.3 Å². The van der Waals surface area contributed by atoms with E-state index in [1.165, 1.54) is 0 Å². The molecule has 0 amide bonds. The van der Waals surface area contributed by atoms with Crippen molar-refractivity contribution >= 4 is 11.9 Å². The average Bonchev–Trinajstić information content (AvgIpc) is 2.84. The van der Waals surface area contributed by atoms with Gasteiger partial charge in [0.05, 0.1) is 0 Å². The van der Waals surface area contributed by atoms with Crippen molar-refractivity contribution in [3.63, 3.8) is 0 Å². The number of nitrogens with zero attached hydrogens (tertiary/aromatic N) is 1. The highest BCUT2D eigenvalue weighted by atomic mass is 16.6. The van der Waals surface area contributed by atoms with E-state index < -0.39 is 11.1 Å². The zero-order valence-corrected chi connectivity index (χ0v) is 13.2. The van der Waals surface area contributed by atoms with Gasteiger partial charge in [0.2, 0.25) is 5.90 Å². The largest absolute Gasteiger partial charge is 0.474 e. The van der Waals surface area contributed by atoms with Crippen molar-refractivity contribution in [2.45, 2.75) is 51.7 Å². The molecule has 0 N–H and O–H groups in total. The lowest BCUT2D eigenvalue weighted by Crippen LogP contribution is -2.43. The maximum absolute atomic E-state index is 12.5. The maximum Gasteiger partial charge on any atom is 0.338 e. The predicted octanol–water partition coefficient (Wildman–Crippen LogP) is 3.34. The summed E-state index contributed by atoms with van der Waals surface area (Å²) in [6, 6.07) is 9.64. The Kier molecular flexibility index (Phi) is 4.35. The molecule has 0 spiro atoms. The first-order chi connectivity index (χ1) is 9.86. The van der Waals surface area contributed by atoms with E-state index in [1.807, 2.05) is 58.0 Å². The fourth-order valence-electron chi connectivity index (χ4n) is 2.30. The fraction of sp³-hybridized carbons (Fsp3) is 0.529. The molecule has 0 bridgehead atoms. The molecular formula is C17H23NO3. The third kappa shape index (κ3) is 3.63. The minimum atomic E-state index is -0.910. The molecule has 1 aromatic rings. The second-order valence-electron chi connectivity index (χ2n) is 6.36. The van der Waals surface area contributed by atoms with E-state index in [0.717, 1.165) is 12.0 Å². The van der Waals surface area contributed by atoms with Crippen LogP contribution in [0.4, 0.5) is 0 Å². The van der Waals surface area contributed by atoms with E-state index in [4.69, 9.17) is 9.47 Å². The summed E-state index contributed by atoms with van der Waals surface area (Å²) >= 11 is 0. The molecule has 0 saturated carbocycles. The van der Waals surface area contributed by atoms with Crippen LogP contribution in [0.3, 0.4) is 0 Å². The lowest BCUT2D eigenvalue weighted by atomic mass is 9.95. The Bertz CT molecular complexity index is 531. The third-order valence-electron chi connectivity index (χ3n) is 3.23. The second-order valence-corrected chi connectivity index (χ2v) is 6.36. The van der Waals surface area contributed by atoms with Crippen LogP contribution in [0.15, 0.2) is 35.3 Å². The van der Waals surface area contributed by atoms with Crippen LogP contribution in [0.2, 0.25) is 0 Å². The van der Waals surface area contributed by atoms with Crippen LogP contribution < -0.4 is 0 Å². The SMILES string of the molecule is CCC[C@@]1(C(=O)OC(C)(C)C)COC(c2ccccc2)=N1. The molecule has 1 aromatic carbocycles. The summed E-state index contributed by atoms with van der Waals surface area (Å²) in [7, 11) is 0. The third-order valence-corrected chi connectivity index (χ3v) is 3.23. The predicted molar refractivity (Wildman–Crippen MR) is 82.4 cm³/mol. The van der Waals surface area contributed by atoms with Crippen LogP contribution in [0.1, 0.15) is 46.1 Å². The molecule has 0 saturated heterocycles. The molecule has 0 aliphatic carbocycles. The molecule has 4 heteroatoms. The highest BCUT2D eigenvalue weighted by Gasteiger charge is 2.46. The summed E-state index contributed by atoms with van der Waals surface area (Å²) in [5.41, 5.74) is -0.546. The minimum Gasteiger partial charge on any atom is -0.474 e. The van der Waals surface area contributed by atoms with Crippen molar-refractivity contribution in [1.29, 1.82) is 0 Å². The molecule has 0 radical (unpaired) electrons. The Morgan fingerprint density at radius 2 is 2.00 bits per heavy atom. The van der Waals surface area contributed by atoms with Gasteiger partial charge in [-0.1, -0.05) is 31.5 Å². The molecule has 1 aliphatic heterocycles. The van der Waals surface area contributed by atoms with E-state index >= 15 is 0 Å². The smallest absolute Gasteiger partial charge is 0.338 e. The Morgan fingerprint density at radius 1 is 1.33 bits per heavy atom. The molecule has 0 aromatic heterocycles. The van der Waals surface area contributed by atoms with Gasteiger partial charge in [0.1, 0.15) is 12.2 Å². The summed E-state index contributed by atoms with van der Waals surface area (Å²) in [6.45, 7) is 7.87. The molecule has 0 fully saturated rings. The van der Waals surface area contributed by atoms with Crippen LogP contribution in [0.5, 0.6) is 0 Å². The zero-order chi connectivity index (χ0) is 15.5. The van der Waals surface area contributed by atoms with Gasteiger partial charge in [-0.2, -0.15) is 0 Å². The average molecular weight is 289 g/mol. The van der Waals surface area contributed by atoms with Crippen molar-refractivity contribution in [3.8, 4) is 0 Å². The van der Waals surface area contributed by atoms with E-state index in [2.05, 4.69) is 4.99 Å². The number of hydrogen-bond acceptors (Lipinski definition) is 4. The van der Waals surface area contributed by atoms with Crippen LogP contribution >= 0.6 is 0 Å². The topological polar surface area (TPSA) is 47.9 Å². The quantitative estimate of drug-likeness (QED) is 0.799. The van der Waals surface area contributed by atoms with E-state index in [1.54, 1.807) is 0 Å². The first kappa shape index (κ1) is 15.5. The number of rotatable bonds is 4. The highest BCUT2D eigenvalue weighted by Crippen LogP contribution is 2.29. The molecule has 2 rings (SSSR count). The summed E-state index contributed by atoms with van der Waals surface area (Å²) in [5.74, 6) is 0.220. The molecule has 1 atom stereocenters. The van der Waals surface area contributed by atoms with Crippen LogP contribution in [0, 0.1) is 0 Å². The second kappa shape index (κ2) is 5.88. The van der Waals surface area contributed by atoms with Gasteiger partial charge < -0.3 is 9.47 Å². The van der Waals surface area contributed by atoms with E-state index in [0.29, 0.717) is 12.3 Å². The standard InChI is InChI=1S/C17H23NO3/c1-5-11-17(15(19)21-16(2,3)4)12-20-14(18-17)13-9-7-6-8-10-13/h6-10H,5,11-12H2,1-4H3/t17-/m0/s1. The number of hydrogen-bond donors (Lipinski definition) is 0. The number of benzene rings is 1. The highest BCUT2D eigenvalue weighted by molar-refractivity contribution is 5.99. The Labute approximate surface area is 126 Å². The van der Waals surface area contributed by atoms with Gasteiger partial charge >= 0.3 is 5.97 Å². The molecular weight excluding hydrogens is 266 g/mol. The van der Waals surface area contributed by atoms with Crippen LogP contribution in [-0.4, -0.2) is 29.6 Å². The lowest BCUT2D eigenvalue weighted by molar-refractivity contribution is -0.162. The van der Waals surface area contributed by atoms with Gasteiger partial charge in [-0.15, -0.1) is 0 Å². The van der Waals surface area contributed by atoms with Gasteiger partial charge in [-0.05, 0) is 39.3 Å². The van der Waals surface area contributed by atoms with Gasteiger partial charge in [0.15, 0.2) is 5.54 Å². The number of ether oxygens (including phenoxy) is 2. The molecule has 114 valence electrons. The maximum atomic E-state index is 12.5. The number of carbonyl (C=O) groups is 1. The van der Waals surface area contributed by atoms with Gasteiger partial charge in [0.25, 0.3) is 0 Å². The normalized spacial score (nSPS) is 21.6. The number of aliphatic imine (C=N–C) groups is 1. The first-order valence-electron chi connectivity index (χ1n) is 7.38. The Hall–Kier alpha value is -1.84. The van der Waals surface area contributed by atoms with Crippen molar-refractivity contribution in [1.82, 2.24) is 0 Å². The van der Waals surface area contributed by atoms with E-state index in [-0.39, 0.29) is 12.6 Å². The van der Waals surface area contributed by atoms with Crippen LogP contribution in [-0.2, 0) is 14.3 Å². The Morgan fingerprint density at radius 3 is 2.57 bits per heavy atom. The fourth-order valence-corrected chi connectivity index (χ4v) is 2.30. The lowest BCUT2D eigenvalue weighted by Gasteiger charge is -2.27. The minimum absolute atomic E-state index is 0.250. The summed E-state index contributed by atoms with van der Waals surface area (Å²) in [5, 5.41) is 0. The zero-order valence-electron chi connectivity index (χ0n) is 13.2. The monoisotopic (exact) mass is 289 g/mol. The van der Waals surface area contributed by atoms with Gasteiger partial charge in [-0.25, -0.2) is 9.79 Å². The van der Waals surface area contributed by atoms with Gasteiger partial charge in [0, 0.05) is 5.56 Å². The first-order valence-corrected chi connectivity index (χ1v) is 7.38. The van der Waals surface area contributed by atoms with Gasteiger partial charge in [-0.3, -0.25) is 0 Å². The summed E-state index contributed by atoms with van der Waals surface area (Å²) < 4.78 is 11.2. The number of carbonyl (C=O) groups excluding carboxylic acids is 1. The molecule has 21 heavy (non-hydrogen) atoms. The van der Waals surface area contributed by atoms with Crippen LogP contribution in [0.25, 0.3) is 0 Å². The molecule has 4 nitrogen and oxygen atoms in total. The summed E-state index contributed by atoms with van der Waals surface area (Å²) in [4.78, 5) is 17.1. The van der Waals surface area contributed by atoms with Crippen molar-refractivity contribution in [2.24, 2.45) is 4.99 Å². The van der Waals surface area contributed by atoms with Crippen molar-refractivity contribution in [2.75, 3.05) is 6.61 Å². The molecule has 1 heterocycles. The molecule has 1 aliphatic rings. The van der Waals surface area contributed by atoms with Crippen molar-refractivity contribution in [3.05, 3.63) is 35.9 Å². The summed E-state index contributed by atoms with van der Waals surface area (Å²) in [6.07, 6.45) is 1.46. The Balaban J connectivity index is 2.28.